The number of hydrogen-bond acceptors (Lipinski definition) is 3. The first-order valence-corrected chi connectivity index (χ1v) is 5.68. The van der Waals surface area contributed by atoms with Gasteiger partial charge in [0.2, 0.25) is 6.41 Å². The molecule has 1 N–H and O–H groups in total. The van der Waals surface area contributed by atoms with Crippen molar-refractivity contribution in [2.45, 2.75) is 6.54 Å². The minimum atomic E-state index is 0.675. The Labute approximate surface area is 106 Å². The average Bonchev–Trinajstić information content (AvgIpc) is 2.76. The van der Waals surface area contributed by atoms with Crippen LogP contribution in [0.3, 0.4) is 0 Å². The number of benzene rings is 1. The first-order valence-electron chi connectivity index (χ1n) is 5.68. The molecule has 1 aromatic heterocycles. The maximum absolute atomic E-state index is 10.3. The lowest BCUT2D eigenvalue weighted by Crippen LogP contribution is -2.15. The average molecular weight is 244 g/mol. The summed E-state index contributed by atoms with van der Waals surface area (Å²) in [6.07, 6.45) is 4.53. The minimum absolute atomic E-state index is 0.675. The number of carbonyl (C=O) groups is 1. The molecule has 1 aromatic carbocycles. The summed E-state index contributed by atoms with van der Waals surface area (Å²) in [6, 6.07) is 7.71. The number of aryl methyl sites for hydroxylation is 1. The van der Waals surface area contributed by atoms with Gasteiger partial charge in [0.1, 0.15) is 0 Å². The van der Waals surface area contributed by atoms with Crippen LogP contribution in [0.4, 0.5) is 11.4 Å². The van der Waals surface area contributed by atoms with Crippen molar-refractivity contribution in [3.05, 3.63) is 42.2 Å². The van der Waals surface area contributed by atoms with Gasteiger partial charge >= 0.3 is 0 Å². The molecule has 5 heteroatoms. The summed E-state index contributed by atoms with van der Waals surface area (Å²) >= 11 is 0. The van der Waals surface area contributed by atoms with Gasteiger partial charge in [0.05, 0.1) is 6.20 Å². The maximum Gasteiger partial charge on any atom is 0.211 e. The SMILES string of the molecule is CN(Cc1cnn(C)c1)c1ccc(NC=O)cc1. The van der Waals surface area contributed by atoms with Crippen molar-refractivity contribution in [1.29, 1.82) is 0 Å². The van der Waals surface area contributed by atoms with Crippen LogP contribution in [0.25, 0.3) is 0 Å². The van der Waals surface area contributed by atoms with Gasteiger partial charge in [-0.15, -0.1) is 0 Å². The lowest BCUT2D eigenvalue weighted by molar-refractivity contribution is -0.105. The van der Waals surface area contributed by atoms with E-state index in [1.807, 2.05) is 50.8 Å². The summed E-state index contributed by atoms with van der Waals surface area (Å²) in [4.78, 5) is 12.4. The van der Waals surface area contributed by atoms with E-state index < -0.39 is 0 Å². The molecule has 0 fully saturated rings. The molecule has 0 spiro atoms. The van der Waals surface area contributed by atoms with Crippen molar-refractivity contribution in [3.63, 3.8) is 0 Å². The molecule has 0 radical (unpaired) electrons. The Hall–Kier alpha value is -2.30. The molecule has 5 nitrogen and oxygen atoms in total. The van der Waals surface area contributed by atoms with Crippen LogP contribution in [-0.4, -0.2) is 23.2 Å². The summed E-state index contributed by atoms with van der Waals surface area (Å²) in [5.41, 5.74) is 3.05. The van der Waals surface area contributed by atoms with Crippen LogP contribution < -0.4 is 10.2 Å². The molecule has 1 heterocycles. The standard InChI is InChI=1S/C13H16N4O/c1-16(8-11-7-15-17(2)9-11)13-5-3-12(4-6-13)14-10-18/h3-7,9-10H,8H2,1-2H3,(H,14,18). The van der Waals surface area contributed by atoms with Gasteiger partial charge in [-0.05, 0) is 24.3 Å². The number of nitrogens with zero attached hydrogens (tertiary/aromatic N) is 3. The van der Waals surface area contributed by atoms with E-state index in [9.17, 15) is 4.79 Å². The second-order valence-electron chi connectivity index (χ2n) is 4.19. The fourth-order valence-electron chi connectivity index (χ4n) is 1.80. The van der Waals surface area contributed by atoms with Gasteiger partial charge in [-0.2, -0.15) is 5.10 Å². The molecule has 0 saturated heterocycles. The van der Waals surface area contributed by atoms with E-state index >= 15 is 0 Å². The number of anilines is 2. The third-order valence-corrected chi connectivity index (χ3v) is 2.71. The van der Waals surface area contributed by atoms with Crippen molar-refractivity contribution in [1.82, 2.24) is 9.78 Å². The van der Waals surface area contributed by atoms with Gasteiger partial charge in [0, 0.05) is 43.8 Å². The second kappa shape index (κ2) is 5.35. The summed E-state index contributed by atoms with van der Waals surface area (Å²) < 4.78 is 1.79. The zero-order chi connectivity index (χ0) is 13.0. The van der Waals surface area contributed by atoms with Gasteiger partial charge in [-0.25, -0.2) is 0 Å². The van der Waals surface area contributed by atoms with Gasteiger partial charge in [0.15, 0.2) is 0 Å². The number of aromatic nitrogens is 2. The molecule has 0 saturated carbocycles. The summed E-state index contributed by atoms with van der Waals surface area (Å²) in [5.74, 6) is 0. The quantitative estimate of drug-likeness (QED) is 0.813. The van der Waals surface area contributed by atoms with Crippen molar-refractivity contribution >= 4 is 17.8 Å². The van der Waals surface area contributed by atoms with Crippen LogP contribution in [0, 0.1) is 0 Å². The van der Waals surface area contributed by atoms with E-state index in [1.54, 1.807) is 4.68 Å². The highest BCUT2D eigenvalue weighted by atomic mass is 16.1. The van der Waals surface area contributed by atoms with E-state index in [4.69, 9.17) is 0 Å². The van der Waals surface area contributed by atoms with E-state index in [-0.39, 0.29) is 0 Å². The normalized spacial score (nSPS) is 10.1. The van der Waals surface area contributed by atoms with Crippen molar-refractivity contribution in [2.24, 2.45) is 7.05 Å². The second-order valence-corrected chi connectivity index (χ2v) is 4.19. The molecular formula is C13H16N4O. The topological polar surface area (TPSA) is 50.2 Å². The molecule has 0 aliphatic heterocycles. The van der Waals surface area contributed by atoms with Crippen LogP contribution in [-0.2, 0) is 18.4 Å². The van der Waals surface area contributed by atoms with Crippen LogP contribution in [0.15, 0.2) is 36.7 Å². The molecular weight excluding hydrogens is 228 g/mol. The molecule has 2 rings (SSSR count). The molecule has 0 unspecified atom stereocenters. The Morgan fingerprint density at radius 3 is 2.67 bits per heavy atom. The first-order chi connectivity index (χ1) is 8.69. The highest BCUT2D eigenvalue weighted by molar-refractivity contribution is 5.72. The Balaban J connectivity index is 2.04. The lowest BCUT2D eigenvalue weighted by atomic mass is 10.2. The molecule has 0 aliphatic carbocycles. The molecule has 0 atom stereocenters. The van der Waals surface area contributed by atoms with Gasteiger partial charge in [-0.1, -0.05) is 0 Å². The fourth-order valence-corrected chi connectivity index (χ4v) is 1.80. The Kier molecular flexibility index (Phi) is 3.62. The maximum atomic E-state index is 10.3. The van der Waals surface area contributed by atoms with Crippen LogP contribution >= 0.6 is 0 Å². The summed E-state index contributed by atoms with van der Waals surface area (Å²) in [7, 11) is 3.93. The smallest absolute Gasteiger partial charge is 0.211 e. The molecule has 1 amide bonds. The Bertz CT molecular complexity index is 518. The van der Waals surface area contributed by atoms with E-state index in [0.717, 1.165) is 23.5 Å². The van der Waals surface area contributed by atoms with Gasteiger partial charge in [0.25, 0.3) is 0 Å². The number of carbonyl (C=O) groups excluding carboxylic acids is 1. The third kappa shape index (κ3) is 2.88. The highest BCUT2D eigenvalue weighted by Gasteiger charge is 2.03. The third-order valence-electron chi connectivity index (χ3n) is 2.71. The summed E-state index contributed by atoms with van der Waals surface area (Å²) in [5, 5.41) is 6.76. The van der Waals surface area contributed by atoms with E-state index in [1.165, 1.54) is 0 Å². The van der Waals surface area contributed by atoms with Crippen molar-refractivity contribution in [2.75, 3.05) is 17.3 Å². The number of nitrogens with one attached hydrogen (secondary N) is 1. The van der Waals surface area contributed by atoms with E-state index in [2.05, 4.69) is 15.3 Å². The summed E-state index contributed by atoms with van der Waals surface area (Å²) in [6.45, 7) is 0.800. The number of hydrogen-bond donors (Lipinski definition) is 1. The number of rotatable bonds is 5. The molecule has 2 aromatic rings. The predicted molar refractivity (Wildman–Crippen MR) is 71.4 cm³/mol. The van der Waals surface area contributed by atoms with Crippen molar-refractivity contribution in [3.8, 4) is 0 Å². The van der Waals surface area contributed by atoms with Crippen LogP contribution in [0.5, 0.6) is 0 Å². The lowest BCUT2D eigenvalue weighted by Gasteiger charge is -2.18. The van der Waals surface area contributed by atoms with Gasteiger partial charge in [-0.3, -0.25) is 9.48 Å². The number of amides is 1. The Morgan fingerprint density at radius 2 is 2.11 bits per heavy atom. The fraction of sp³-hybridized carbons (Fsp3) is 0.231. The largest absolute Gasteiger partial charge is 0.370 e. The highest BCUT2D eigenvalue weighted by Crippen LogP contribution is 2.18. The van der Waals surface area contributed by atoms with E-state index in [0.29, 0.717) is 6.41 Å². The van der Waals surface area contributed by atoms with Crippen LogP contribution in [0.2, 0.25) is 0 Å². The Morgan fingerprint density at radius 1 is 1.39 bits per heavy atom. The zero-order valence-corrected chi connectivity index (χ0v) is 10.5. The molecule has 0 aliphatic rings. The zero-order valence-electron chi connectivity index (χ0n) is 10.5. The van der Waals surface area contributed by atoms with Crippen LogP contribution in [0.1, 0.15) is 5.56 Å². The monoisotopic (exact) mass is 244 g/mol. The molecule has 18 heavy (non-hydrogen) atoms. The van der Waals surface area contributed by atoms with Crippen molar-refractivity contribution < 1.29 is 4.79 Å². The first kappa shape index (κ1) is 12.2. The molecule has 94 valence electrons. The van der Waals surface area contributed by atoms with Gasteiger partial charge < -0.3 is 10.2 Å². The minimum Gasteiger partial charge on any atom is -0.370 e. The molecule has 0 bridgehead atoms. The predicted octanol–water partition coefficient (Wildman–Crippen LogP) is 1.62.